The quantitative estimate of drug-likeness (QED) is 0.465. The molecule has 0 radical (unpaired) electrons. The Morgan fingerprint density at radius 2 is 1.57 bits per heavy atom. The third-order valence-electron chi connectivity index (χ3n) is 4.89. The van der Waals surface area contributed by atoms with Gasteiger partial charge in [-0.25, -0.2) is 9.55 Å². The molecule has 0 aliphatic carbocycles. The number of pyridine rings is 3. The molecular weight excluding hydrogens is 384 g/mol. The minimum Gasteiger partial charge on any atom is -0.495 e. The lowest BCUT2D eigenvalue weighted by atomic mass is 10.2. The topological polar surface area (TPSA) is 108 Å². The van der Waals surface area contributed by atoms with Crippen LogP contribution in [-0.4, -0.2) is 36.4 Å². The van der Waals surface area contributed by atoms with Gasteiger partial charge in [-0.05, 0) is 37.3 Å². The van der Waals surface area contributed by atoms with Gasteiger partial charge in [-0.3, -0.25) is 19.3 Å². The van der Waals surface area contributed by atoms with Gasteiger partial charge in [-0.2, -0.15) is 4.98 Å². The van der Waals surface area contributed by atoms with E-state index in [1.165, 1.54) is 9.13 Å². The number of methoxy groups -OCH3 is 1. The molecule has 1 N–H and O–H groups in total. The Labute approximate surface area is 169 Å². The van der Waals surface area contributed by atoms with Gasteiger partial charge >= 0.3 is 0 Å². The van der Waals surface area contributed by atoms with E-state index in [1.54, 1.807) is 56.8 Å². The summed E-state index contributed by atoms with van der Waals surface area (Å²) in [7, 11) is 1.55. The van der Waals surface area contributed by atoms with Gasteiger partial charge < -0.3 is 4.74 Å². The van der Waals surface area contributed by atoms with Crippen LogP contribution in [0, 0.1) is 6.92 Å². The molecule has 0 unspecified atom stereocenters. The number of ether oxygens (including phenoxy) is 1. The third kappa shape index (κ3) is 2.67. The molecule has 0 bridgehead atoms. The molecule has 0 amide bonds. The molecule has 5 aromatic rings. The van der Waals surface area contributed by atoms with Crippen molar-refractivity contribution in [2.75, 3.05) is 7.11 Å². The Bertz CT molecular complexity index is 1550. The molecule has 0 atom stereocenters. The summed E-state index contributed by atoms with van der Waals surface area (Å²) in [6, 6.07) is 12.2. The van der Waals surface area contributed by atoms with Crippen molar-refractivity contribution < 1.29 is 4.74 Å². The van der Waals surface area contributed by atoms with Crippen molar-refractivity contribution >= 4 is 21.8 Å². The molecule has 148 valence electrons. The molecule has 0 aliphatic rings. The predicted molar refractivity (Wildman–Crippen MR) is 112 cm³/mol. The van der Waals surface area contributed by atoms with E-state index in [0.717, 1.165) is 0 Å². The van der Waals surface area contributed by atoms with Crippen molar-refractivity contribution in [3.63, 3.8) is 0 Å². The Morgan fingerprint density at radius 3 is 2.23 bits per heavy atom. The first-order chi connectivity index (χ1) is 14.6. The number of hydrogen-bond donors (Lipinski definition) is 1. The van der Waals surface area contributed by atoms with Crippen LogP contribution in [0.5, 0.6) is 5.75 Å². The summed E-state index contributed by atoms with van der Waals surface area (Å²) in [6.45, 7) is 1.75. The van der Waals surface area contributed by atoms with Gasteiger partial charge in [0.25, 0.3) is 17.1 Å². The zero-order valence-corrected chi connectivity index (χ0v) is 16.2. The van der Waals surface area contributed by atoms with E-state index in [1.807, 2.05) is 12.1 Å². The zero-order chi connectivity index (χ0) is 20.8. The SMILES string of the molecule is COc1ccccc1-n1ccc2nc3ccn(-c4n[nH]c(C)n4)c(=O)c3cc2c1=O. The third-order valence-corrected chi connectivity index (χ3v) is 4.89. The van der Waals surface area contributed by atoms with Crippen LogP contribution in [0.1, 0.15) is 5.82 Å². The molecule has 0 saturated carbocycles. The smallest absolute Gasteiger partial charge is 0.267 e. The number of aryl methyl sites for hydroxylation is 1. The lowest BCUT2D eigenvalue weighted by Gasteiger charge is -2.11. The van der Waals surface area contributed by atoms with E-state index in [0.29, 0.717) is 39.1 Å². The average molecular weight is 400 g/mol. The minimum absolute atomic E-state index is 0.235. The minimum atomic E-state index is -0.354. The fourth-order valence-corrected chi connectivity index (χ4v) is 3.44. The Balaban J connectivity index is 1.78. The average Bonchev–Trinajstić information content (AvgIpc) is 3.19. The largest absolute Gasteiger partial charge is 0.495 e. The standard InChI is InChI=1S/C21H16N6O3/c1-12-22-21(25-24-12)27-10-8-16-14(20(27)29)11-13-15(23-16)7-9-26(19(13)28)17-5-3-4-6-18(17)30-2/h3-11H,1-2H3,(H,22,24,25). The first-order valence-electron chi connectivity index (χ1n) is 9.17. The lowest BCUT2D eigenvalue weighted by molar-refractivity contribution is 0.412. The maximum absolute atomic E-state index is 13.2. The summed E-state index contributed by atoms with van der Waals surface area (Å²) in [5, 5.41) is 7.39. The number of hydrogen-bond acceptors (Lipinski definition) is 6. The summed E-state index contributed by atoms with van der Waals surface area (Å²) in [5.41, 5.74) is 0.951. The number of benzene rings is 1. The molecule has 0 saturated heterocycles. The maximum atomic E-state index is 13.2. The van der Waals surface area contributed by atoms with E-state index in [2.05, 4.69) is 20.2 Å². The second-order valence-electron chi connectivity index (χ2n) is 6.73. The molecule has 0 fully saturated rings. The highest BCUT2D eigenvalue weighted by Gasteiger charge is 2.14. The molecule has 9 nitrogen and oxygen atoms in total. The van der Waals surface area contributed by atoms with Crippen LogP contribution in [0.4, 0.5) is 0 Å². The van der Waals surface area contributed by atoms with E-state index in [9.17, 15) is 9.59 Å². The maximum Gasteiger partial charge on any atom is 0.267 e. The molecule has 1 aromatic carbocycles. The molecule has 9 heteroatoms. The van der Waals surface area contributed by atoms with Gasteiger partial charge in [0.2, 0.25) is 0 Å². The Kier molecular flexibility index (Phi) is 3.95. The van der Waals surface area contributed by atoms with Gasteiger partial charge in [-0.15, -0.1) is 5.10 Å². The van der Waals surface area contributed by atoms with Gasteiger partial charge in [0, 0.05) is 12.4 Å². The van der Waals surface area contributed by atoms with Crippen molar-refractivity contribution in [2.45, 2.75) is 6.92 Å². The summed E-state index contributed by atoms with van der Waals surface area (Å²) in [4.78, 5) is 35.0. The fourth-order valence-electron chi connectivity index (χ4n) is 3.44. The first-order valence-corrected chi connectivity index (χ1v) is 9.17. The number of nitrogens with one attached hydrogen (secondary N) is 1. The summed E-state index contributed by atoms with van der Waals surface area (Å²) < 4.78 is 8.18. The highest BCUT2D eigenvalue weighted by molar-refractivity contribution is 5.91. The van der Waals surface area contributed by atoms with Crippen molar-refractivity contribution in [1.29, 1.82) is 0 Å². The van der Waals surface area contributed by atoms with Crippen LogP contribution in [-0.2, 0) is 0 Å². The normalized spacial score (nSPS) is 11.3. The van der Waals surface area contributed by atoms with Crippen molar-refractivity contribution in [2.24, 2.45) is 0 Å². The molecule has 30 heavy (non-hydrogen) atoms. The van der Waals surface area contributed by atoms with Crippen LogP contribution >= 0.6 is 0 Å². The second-order valence-corrected chi connectivity index (χ2v) is 6.73. The van der Waals surface area contributed by atoms with E-state index in [4.69, 9.17) is 4.74 Å². The van der Waals surface area contributed by atoms with Crippen LogP contribution in [0.3, 0.4) is 0 Å². The number of rotatable bonds is 3. The van der Waals surface area contributed by atoms with Crippen LogP contribution in [0.2, 0.25) is 0 Å². The summed E-state index contributed by atoms with van der Waals surface area (Å²) in [5.74, 6) is 1.39. The highest BCUT2D eigenvalue weighted by atomic mass is 16.5. The van der Waals surface area contributed by atoms with E-state index >= 15 is 0 Å². The van der Waals surface area contributed by atoms with E-state index in [-0.39, 0.29) is 17.1 Å². The van der Waals surface area contributed by atoms with Gasteiger partial charge in [0.05, 0.1) is 34.6 Å². The molecule has 5 rings (SSSR count). The molecule has 4 aromatic heterocycles. The van der Waals surface area contributed by atoms with Crippen LogP contribution in [0.15, 0.2) is 64.4 Å². The number of aromatic nitrogens is 6. The van der Waals surface area contributed by atoms with Gasteiger partial charge in [-0.1, -0.05) is 12.1 Å². The second kappa shape index (κ2) is 6.66. The number of para-hydroxylation sites is 2. The number of aromatic amines is 1. The summed E-state index contributed by atoms with van der Waals surface area (Å²) in [6.07, 6.45) is 3.22. The predicted octanol–water partition coefficient (Wildman–Crippen LogP) is 2.12. The molecular formula is C21H16N6O3. The Hall–Kier alpha value is -4.27. The van der Waals surface area contributed by atoms with E-state index < -0.39 is 0 Å². The summed E-state index contributed by atoms with van der Waals surface area (Å²) >= 11 is 0. The highest BCUT2D eigenvalue weighted by Crippen LogP contribution is 2.22. The van der Waals surface area contributed by atoms with Crippen LogP contribution < -0.4 is 15.9 Å². The molecule has 0 aliphatic heterocycles. The fraction of sp³-hybridized carbons (Fsp3) is 0.0952. The van der Waals surface area contributed by atoms with Gasteiger partial charge in [0.15, 0.2) is 0 Å². The molecule has 4 heterocycles. The van der Waals surface area contributed by atoms with Crippen molar-refractivity contribution in [3.8, 4) is 17.4 Å². The number of fused-ring (bicyclic) bond motifs is 2. The van der Waals surface area contributed by atoms with Crippen molar-refractivity contribution in [1.82, 2.24) is 29.3 Å². The Morgan fingerprint density at radius 1 is 0.900 bits per heavy atom. The zero-order valence-electron chi connectivity index (χ0n) is 16.2. The molecule has 0 spiro atoms. The number of H-pyrrole nitrogens is 1. The number of nitrogens with zero attached hydrogens (tertiary/aromatic N) is 5. The van der Waals surface area contributed by atoms with Crippen molar-refractivity contribution in [3.05, 3.63) is 81.4 Å². The monoisotopic (exact) mass is 400 g/mol. The lowest BCUT2D eigenvalue weighted by Crippen LogP contribution is -2.21. The van der Waals surface area contributed by atoms with Crippen LogP contribution in [0.25, 0.3) is 33.4 Å². The van der Waals surface area contributed by atoms with Gasteiger partial charge in [0.1, 0.15) is 11.6 Å². The first kappa shape index (κ1) is 17.8.